The largest absolute Gasteiger partial charge is 0.387 e. The highest BCUT2D eigenvalue weighted by atomic mass is 32.2. The first-order valence-electron chi connectivity index (χ1n) is 10.6. The summed E-state index contributed by atoms with van der Waals surface area (Å²) < 4.78 is 40.3. The molecular weight excluding hydrogens is 467 g/mol. The summed E-state index contributed by atoms with van der Waals surface area (Å²) in [4.78, 5) is 42.3. The number of carbonyl (C=O) groups is 1. The van der Waals surface area contributed by atoms with E-state index in [2.05, 4.69) is 10.3 Å². The van der Waals surface area contributed by atoms with Crippen LogP contribution in [0.4, 0.5) is 4.39 Å². The third-order valence-electron chi connectivity index (χ3n) is 5.97. The molecule has 1 amide bonds. The first kappa shape index (κ1) is 23.8. The minimum atomic E-state index is -3.58. The standard InChI is InChI=1S/C22H23FN4O6S/c1-34(32,33)17-4-2-3-16(10-17)26-20-18(9-13(23)11-24-20)21(30)27(22(26)31)15-7-5-14(6-8-15)25-19(29)12-28/h2-4,9-11,14-15,28H,5-8,12H2,1H3,(H,25,29). The lowest BCUT2D eigenvalue weighted by Crippen LogP contribution is -2.45. The first-order valence-corrected chi connectivity index (χ1v) is 12.5. The number of fused-ring (bicyclic) bond motifs is 1. The van der Waals surface area contributed by atoms with Crippen LogP contribution >= 0.6 is 0 Å². The van der Waals surface area contributed by atoms with E-state index in [9.17, 15) is 27.2 Å². The van der Waals surface area contributed by atoms with Gasteiger partial charge in [-0.05, 0) is 49.9 Å². The van der Waals surface area contributed by atoms with Gasteiger partial charge >= 0.3 is 5.69 Å². The van der Waals surface area contributed by atoms with Crippen LogP contribution in [0.3, 0.4) is 0 Å². The number of aromatic nitrogens is 3. The van der Waals surface area contributed by atoms with E-state index in [1.807, 2.05) is 0 Å². The number of halogens is 1. The van der Waals surface area contributed by atoms with Crippen molar-refractivity contribution in [2.75, 3.05) is 12.9 Å². The van der Waals surface area contributed by atoms with Crippen LogP contribution in [-0.4, -0.2) is 52.5 Å². The minimum absolute atomic E-state index is 0.0231. The normalized spacial score (nSPS) is 18.7. The van der Waals surface area contributed by atoms with Crippen molar-refractivity contribution in [3.63, 3.8) is 0 Å². The van der Waals surface area contributed by atoms with Crippen molar-refractivity contribution in [2.24, 2.45) is 0 Å². The Balaban J connectivity index is 1.86. The molecule has 2 N–H and O–H groups in total. The smallest absolute Gasteiger partial charge is 0.337 e. The molecular formula is C22H23FN4O6S. The number of rotatable bonds is 5. The number of amides is 1. The topological polar surface area (TPSA) is 140 Å². The van der Waals surface area contributed by atoms with Crippen molar-refractivity contribution < 1.29 is 22.7 Å². The molecule has 12 heteroatoms. The molecule has 4 rings (SSSR count). The molecule has 1 aromatic carbocycles. The van der Waals surface area contributed by atoms with Crippen LogP contribution in [-0.2, 0) is 14.6 Å². The van der Waals surface area contributed by atoms with Gasteiger partial charge in [-0.2, -0.15) is 0 Å². The molecule has 1 fully saturated rings. The average Bonchev–Trinajstić information content (AvgIpc) is 2.80. The number of benzene rings is 1. The van der Waals surface area contributed by atoms with Crippen LogP contribution in [0.15, 0.2) is 51.0 Å². The highest BCUT2D eigenvalue weighted by Crippen LogP contribution is 2.27. The molecule has 2 heterocycles. The van der Waals surface area contributed by atoms with Gasteiger partial charge in [0.25, 0.3) is 5.56 Å². The van der Waals surface area contributed by atoms with Crippen molar-refractivity contribution in [1.82, 2.24) is 19.4 Å². The second-order valence-corrected chi connectivity index (χ2v) is 10.3. The first-order chi connectivity index (χ1) is 16.1. The lowest BCUT2D eigenvalue weighted by atomic mass is 9.91. The number of carbonyl (C=O) groups excluding carboxylic acids is 1. The van der Waals surface area contributed by atoms with Crippen LogP contribution < -0.4 is 16.6 Å². The summed E-state index contributed by atoms with van der Waals surface area (Å²) in [5.74, 6) is -1.25. The number of aliphatic hydroxyl groups is 1. The van der Waals surface area contributed by atoms with Crippen LogP contribution in [0.2, 0.25) is 0 Å². The van der Waals surface area contributed by atoms with Gasteiger partial charge in [0.2, 0.25) is 5.91 Å². The minimum Gasteiger partial charge on any atom is -0.387 e. The SMILES string of the molecule is CS(=O)(=O)c1cccc(-n2c(=O)n(C3CCC(NC(=O)CO)CC3)c(=O)c3cc(F)cnc32)c1. The lowest BCUT2D eigenvalue weighted by molar-refractivity contribution is -0.124. The van der Waals surface area contributed by atoms with E-state index in [1.54, 1.807) is 0 Å². The van der Waals surface area contributed by atoms with Gasteiger partial charge in [0, 0.05) is 18.3 Å². The van der Waals surface area contributed by atoms with Crippen LogP contribution in [0.25, 0.3) is 16.7 Å². The second kappa shape index (κ2) is 9.11. The number of pyridine rings is 1. The second-order valence-electron chi connectivity index (χ2n) is 8.32. The Hall–Kier alpha value is -3.38. The number of nitrogens with zero attached hydrogens (tertiary/aromatic N) is 3. The van der Waals surface area contributed by atoms with E-state index in [1.165, 1.54) is 24.3 Å². The van der Waals surface area contributed by atoms with Crippen molar-refractivity contribution >= 4 is 26.8 Å². The van der Waals surface area contributed by atoms with E-state index < -0.39 is 45.5 Å². The van der Waals surface area contributed by atoms with Gasteiger partial charge in [-0.3, -0.25) is 14.2 Å². The van der Waals surface area contributed by atoms with Crippen molar-refractivity contribution in [3.8, 4) is 5.69 Å². The van der Waals surface area contributed by atoms with E-state index in [0.717, 1.165) is 27.7 Å². The van der Waals surface area contributed by atoms with Gasteiger partial charge in [0.1, 0.15) is 12.4 Å². The number of aliphatic hydroxyl groups excluding tert-OH is 1. The fourth-order valence-corrected chi connectivity index (χ4v) is 5.00. The third kappa shape index (κ3) is 4.50. The van der Waals surface area contributed by atoms with Gasteiger partial charge in [0.05, 0.1) is 22.2 Å². The summed E-state index contributed by atoms with van der Waals surface area (Å²) in [6.07, 6.45) is 3.66. The molecule has 0 bridgehead atoms. The molecule has 2 aromatic heterocycles. The number of sulfone groups is 1. The lowest BCUT2D eigenvalue weighted by Gasteiger charge is -2.30. The van der Waals surface area contributed by atoms with Gasteiger partial charge < -0.3 is 10.4 Å². The molecule has 34 heavy (non-hydrogen) atoms. The maximum absolute atomic E-state index is 14.0. The molecule has 3 aromatic rings. The van der Waals surface area contributed by atoms with Gasteiger partial charge in [-0.25, -0.2) is 27.2 Å². The van der Waals surface area contributed by atoms with Crippen LogP contribution in [0, 0.1) is 5.82 Å². The van der Waals surface area contributed by atoms with E-state index in [0.29, 0.717) is 25.7 Å². The van der Waals surface area contributed by atoms with Gasteiger partial charge in [-0.1, -0.05) is 6.07 Å². The molecule has 0 atom stereocenters. The third-order valence-corrected chi connectivity index (χ3v) is 7.08. The van der Waals surface area contributed by atoms with E-state index in [-0.39, 0.29) is 27.7 Å². The average molecular weight is 491 g/mol. The van der Waals surface area contributed by atoms with Gasteiger partial charge in [-0.15, -0.1) is 0 Å². The summed E-state index contributed by atoms with van der Waals surface area (Å²) in [6.45, 7) is -0.625. The van der Waals surface area contributed by atoms with Crippen molar-refractivity contribution in [3.05, 3.63) is 63.2 Å². The molecule has 1 saturated carbocycles. The predicted octanol–water partition coefficient (Wildman–Crippen LogP) is 0.682. The maximum atomic E-state index is 14.0. The zero-order chi connectivity index (χ0) is 24.6. The highest BCUT2D eigenvalue weighted by molar-refractivity contribution is 7.90. The molecule has 1 aliphatic rings. The Labute approximate surface area is 193 Å². The zero-order valence-corrected chi connectivity index (χ0v) is 19.1. The summed E-state index contributed by atoms with van der Waals surface area (Å²) in [6, 6.07) is 5.97. The van der Waals surface area contributed by atoms with Crippen LogP contribution in [0.1, 0.15) is 31.7 Å². The highest BCUT2D eigenvalue weighted by Gasteiger charge is 2.28. The van der Waals surface area contributed by atoms with E-state index >= 15 is 0 Å². The maximum Gasteiger partial charge on any atom is 0.337 e. The Morgan fingerprint density at radius 2 is 1.91 bits per heavy atom. The fraction of sp³-hybridized carbons (Fsp3) is 0.364. The molecule has 180 valence electrons. The molecule has 0 spiro atoms. The quantitative estimate of drug-likeness (QED) is 0.536. The Kier molecular flexibility index (Phi) is 6.36. The molecule has 10 nitrogen and oxygen atoms in total. The molecule has 0 radical (unpaired) electrons. The van der Waals surface area contributed by atoms with Crippen LogP contribution in [0.5, 0.6) is 0 Å². The Morgan fingerprint density at radius 3 is 2.56 bits per heavy atom. The molecule has 0 aliphatic heterocycles. The zero-order valence-electron chi connectivity index (χ0n) is 18.3. The summed E-state index contributed by atoms with van der Waals surface area (Å²) in [5, 5.41) is 11.5. The van der Waals surface area contributed by atoms with Crippen molar-refractivity contribution in [2.45, 2.75) is 42.7 Å². The molecule has 0 unspecified atom stereocenters. The fourth-order valence-electron chi connectivity index (χ4n) is 4.34. The summed E-state index contributed by atoms with van der Waals surface area (Å²) in [5.41, 5.74) is -1.31. The Morgan fingerprint density at radius 1 is 1.21 bits per heavy atom. The number of hydrogen-bond acceptors (Lipinski definition) is 7. The number of nitrogens with one attached hydrogen (secondary N) is 1. The molecule has 0 saturated heterocycles. The number of hydrogen-bond donors (Lipinski definition) is 2. The Bertz CT molecular complexity index is 1490. The molecule has 1 aliphatic carbocycles. The summed E-state index contributed by atoms with van der Waals surface area (Å²) in [7, 11) is -3.58. The monoisotopic (exact) mass is 490 g/mol. The predicted molar refractivity (Wildman–Crippen MR) is 121 cm³/mol. The van der Waals surface area contributed by atoms with Crippen molar-refractivity contribution in [1.29, 1.82) is 0 Å². The summed E-state index contributed by atoms with van der Waals surface area (Å²) >= 11 is 0. The van der Waals surface area contributed by atoms with E-state index in [4.69, 9.17) is 5.11 Å². The van der Waals surface area contributed by atoms with Gasteiger partial charge in [0.15, 0.2) is 15.5 Å².